The van der Waals surface area contributed by atoms with Crippen LogP contribution < -0.4 is 9.47 Å². The van der Waals surface area contributed by atoms with Crippen molar-refractivity contribution in [1.29, 1.82) is 0 Å². The van der Waals surface area contributed by atoms with Gasteiger partial charge in [-0.1, -0.05) is 30.3 Å². The molecule has 0 aliphatic heterocycles. The summed E-state index contributed by atoms with van der Waals surface area (Å²) in [4.78, 5) is 22.2. The molecule has 0 saturated carbocycles. The zero-order valence-corrected chi connectivity index (χ0v) is 15.3. The largest absolute Gasteiger partial charge is 0.493 e. The second-order valence-electron chi connectivity index (χ2n) is 5.63. The molecule has 1 atom stereocenters. The van der Waals surface area contributed by atoms with Crippen LogP contribution >= 0.6 is 0 Å². The van der Waals surface area contributed by atoms with Crippen molar-refractivity contribution in [3.05, 3.63) is 63.7 Å². The molecule has 0 N–H and O–H groups in total. The molecule has 0 aliphatic rings. The van der Waals surface area contributed by atoms with Crippen LogP contribution in [0.4, 0.5) is 5.69 Å². The third-order valence-corrected chi connectivity index (χ3v) is 3.75. The molecule has 2 aromatic rings. The summed E-state index contributed by atoms with van der Waals surface area (Å²) in [5.41, 5.74) is 1.02. The number of benzene rings is 2. The van der Waals surface area contributed by atoms with Crippen molar-refractivity contribution in [3.63, 3.8) is 0 Å². The maximum atomic E-state index is 11.4. The lowest BCUT2D eigenvalue weighted by atomic mass is 10.1. The van der Waals surface area contributed by atoms with E-state index in [0.717, 1.165) is 5.56 Å². The number of hydrogen-bond acceptors (Lipinski definition) is 7. The highest BCUT2D eigenvalue weighted by molar-refractivity contribution is 5.66. The fourth-order valence-electron chi connectivity index (χ4n) is 2.50. The minimum Gasteiger partial charge on any atom is -0.493 e. The summed E-state index contributed by atoms with van der Waals surface area (Å²) in [6.07, 6.45) is -0.556. The van der Waals surface area contributed by atoms with Gasteiger partial charge < -0.3 is 18.9 Å². The van der Waals surface area contributed by atoms with Crippen LogP contribution in [0, 0.1) is 10.1 Å². The summed E-state index contributed by atoms with van der Waals surface area (Å²) >= 11 is 0. The summed E-state index contributed by atoms with van der Waals surface area (Å²) in [5, 5.41) is 11.4. The lowest BCUT2D eigenvalue weighted by molar-refractivity contribution is -0.386. The minimum absolute atomic E-state index is 0.137. The normalized spacial score (nSPS) is 11.5. The number of rotatable bonds is 9. The molecule has 1 unspecified atom stereocenters. The van der Waals surface area contributed by atoms with Gasteiger partial charge in [-0.25, -0.2) is 0 Å². The molecule has 144 valence electrons. The van der Waals surface area contributed by atoms with Crippen LogP contribution in [0.1, 0.15) is 18.1 Å². The van der Waals surface area contributed by atoms with E-state index >= 15 is 0 Å². The Morgan fingerprint density at radius 3 is 2.30 bits per heavy atom. The van der Waals surface area contributed by atoms with Gasteiger partial charge in [0, 0.05) is 13.3 Å². The first-order valence-electron chi connectivity index (χ1n) is 8.16. The van der Waals surface area contributed by atoms with Gasteiger partial charge in [0.25, 0.3) is 5.69 Å². The van der Waals surface area contributed by atoms with Crippen molar-refractivity contribution in [1.82, 2.24) is 0 Å². The predicted molar refractivity (Wildman–Crippen MR) is 96.7 cm³/mol. The van der Waals surface area contributed by atoms with Gasteiger partial charge >= 0.3 is 5.97 Å². The Morgan fingerprint density at radius 2 is 1.74 bits per heavy atom. The third-order valence-electron chi connectivity index (χ3n) is 3.75. The van der Waals surface area contributed by atoms with Gasteiger partial charge in [-0.05, 0) is 11.6 Å². The standard InChI is InChI=1S/C19H21NO7/c1-13(21)27-19(9-14-7-5-4-6-8-14)26-12-15-10-17(24-2)18(25-3)11-16(15)20(22)23/h4-8,10-11,19H,9,12H2,1-3H3. The Bertz CT molecular complexity index is 792. The molecule has 0 fully saturated rings. The molecule has 27 heavy (non-hydrogen) atoms. The number of nitro benzene ring substituents is 1. The summed E-state index contributed by atoms with van der Waals surface area (Å²) in [7, 11) is 2.83. The number of ether oxygens (including phenoxy) is 4. The van der Waals surface area contributed by atoms with Crippen molar-refractivity contribution in [3.8, 4) is 11.5 Å². The van der Waals surface area contributed by atoms with E-state index in [1.54, 1.807) is 0 Å². The number of carbonyl (C=O) groups excluding carboxylic acids is 1. The van der Waals surface area contributed by atoms with Crippen LogP contribution in [-0.4, -0.2) is 31.4 Å². The zero-order valence-electron chi connectivity index (χ0n) is 15.3. The first-order chi connectivity index (χ1) is 12.9. The summed E-state index contributed by atoms with van der Waals surface area (Å²) in [6.45, 7) is 1.14. The molecule has 2 rings (SSSR count). The first kappa shape index (κ1) is 20.2. The molecule has 0 amide bonds. The van der Waals surface area contributed by atoms with E-state index < -0.39 is 17.2 Å². The lowest BCUT2D eigenvalue weighted by Crippen LogP contribution is -2.22. The number of esters is 1. The Balaban J connectivity index is 2.22. The SMILES string of the molecule is COc1cc(COC(Cc2ccccc2)OC(C)=O)c([N+](=O)[O-])cc1OC. The minimum atomic E-state index is -0.877. The number of methoxy groups -OCH3 is 2. The van der Waals surface area contributed by atoms with E-state index in [4.69, 9.17) is 18.9 Å². The third kappa shape index (κ3) is 5.68. The van der Waals surface area contributed by atoms with Crippen LogP contribution in [0.2, 0.25) is 0 Å². The van der Waals surface area contributed by atoms with Gasteiger partial charge in [-0.3, -0.25) is 14.9 Å². The van der Waals surface area contributed by atoms with Crippen molar-refractivity contribution in [2.45, 2.75) is 26.2 Å². The zero-order chi connectivity index (χ0) is 19.8. The fourth-order valence-corrected chi connectivity index (χ4v) is 2.50. The van der Waals surface area contributed by atoms with Crippen LogP contribution in [0.3, 0.4) is 0 Å². The monoisotopic (exact) mass is 375 g/mol. The van der Waals surface area contributed by atoms with E-state index in [9.17, 15) is 14.9 Å². The Labute approximate surface area is 156 Å². The average Bonchev–Trinajstić information content (AvgIpc) is 2.65. The van der Waals surface area contributed by atoms with Crippen LogP contribution in [0.25, 0.3) is 0 Å². The van der Waals surface area contributed by atoms with Crippen LogP contribution in [0.5, 0.6) is 11.5 Å². The number of nitro groups is 1. The maximum Gasteiger partial charge on any atom is 0.304 e. The van der Waals surface area contributed by atoms with Gasteiger partial charge in [0.2, 0.25) is 6.29 Å². The Kier molecular flexibility index (Phi) is 7.13. The Morgan fingerprint density at radius 1 is 1.11 bits per heavy atom. The highest BCUT2D eigenvalue weighted by Crippen LogP contribution is 2.35. The summed E-state index contributed by atoms with van der Waals surface area (Å²) in [6, 6.07) is 12.1. The molecule has 0 spiro atoms. The van der Waals surface area contributed by atoms with Gasteiger partial charge in [0.05, 0.1) is 37.4 Å². The van der Waals surface area contributed by atoms with E-state index in [1.807, 2.05) is 30.3 Å². The molecule has 0 radical (unpaired) electrons. The second-order valence-corrected chi connectivity index (χ2v) is 5.63. The van der Waals surface area contributed by atoms with Gasteiger partial charge in [-0.15, -0.1) is 0 Å². The molecule has 0 heterocycles. The van der Waals surface area contributed by atoms with E-state index in [1.165, 1.54) is 33.3 Å². The van der Waals surface area contributed by atoms with Crippen molar-refractivity contribution < 1.29 is 28.7 Å². The topological polar surface area (TPSA) is 97.1 Å². The van der Waals surface area contributed by atoms with Gasteiger partial charge in [0.15, 0.2) is 11.5 Å². The average molecular weight is 375 g/mol. The number of carbonyl (C=O) groups is 1. The van der Waals surface area contributed by atoms with Crippen molar-refractivity contribution >= 4 is 11.7 Å². The predicted octanol–water partition coefficient (Wildman–Crippen LogP) is 3.26. The molecule has 0 aliphatic carbocycles. The molecule has 0 bridgehead atoms. The summed E-state index contributed by atoms with van der Waals surface area (Å²) in [5.74, 6) is 0.0836. The summed E-state index contributed by atoms with van der Waals surface area (Å²) < 4.78 is 21.1. The molecule has 2 aromatic carbocycles. The molecule has 8 nitrogen and oxygen atoms in total. The molecule has 0 aromatic heterocycles. The highest BCUT2D eigenvalue weighted by Gasteiger charge is 2.22. The van der Waals surface area contributed by atoms with Crippen molar-refractivity contribution in [2.75, 3.05) is 14.2 Å². The highest BCUT2D eigenvalue weighted by atomic mass is 16.7. The molecule has 0 saturated heterocycles. The fraction of sp³-hybridized carbons (Fsp3) is 0.316. The van der Waals surface area contributed by atoms with Crippen LogP contribution in [0.15, 0.2) is 42.5 Å². The number of hydrogen-bond donors (Lipinski definition) is 0. The molecular weight excluding hydrogens is 354 g/mol. The molecule has 8 heteroatoms. The van der Waals surface area contributed by atoms with Crippen molar-refractivity contribution in [2.24, 2.45) is 0 Å². The maximum absolute atomic E-state index is 11.4. The molecular formula is C19H21NO7. The van der Waals surface area contributed by atoms with Gasteiger partial charge in [-0.2, -0.15) is 0 Å². The second kappa shape index (κ2) is 9.54. The quantitative estimate of drug-likeness (QED) is 0.287. The van der Waals surface area contributed by atoms with E-state index in [0.29, 0.717) is 12.2 Å². The van der Waals surface area contributed by atoms with E-state index in [2.05, 4.69) is 0 Å². The number of nitrogens with zero attached hydrogens (tertiary/aromatic N) is 1. The van der Waals surface area contributed by atoms with Gasteiger partial charge in [0.1, 0.15) is 0 Å². The van der Waals surface area contributed by atoms with E-state index in [-0.39, 0.29) is 23.6 Å². The van der Waals surface area contributed by atoms with Crippen LogP contribution in [-0.2, 0) is 27.3 Å². The Hall–Kier alpha value is -3.13. The smallest absolute Gasteiger partial charge is 0.304 e. The lowest BCUT2D eigenvalue weighted by Gasteiger charge is -2.18. The first-order valence-corrected chi connectivity index (χ1v) is 8.16.